The lowest BCUT2D eigenvalue weighted by Crippen LogP contribution is -2.42. The Balaban J connectivity index is 1.74. The second-order valence-corrected chi connectivity index (χ2v) is 5.17. The molecule has 1 aromatic carbocycles. The smallest absolute Gasteiger partial charge is 0.139 e. The molecule has 1 fully saturated rings. The first kappa shape index (κ1) is 12.7. The molecular formula is C14H17ClN4. The molecule has 100 valence electrons. The van der Waals surface area contributed by atoms with Crippen molar-refractivity contribution in [3.05, 3.63) is 41.2 Å². The fraction of sp³-hybridized carbons (Fsp3) is 0.357. The molecule has 2 heterocycles. The molecule has 5 heteroatoms. The van der Waals surface area contributed by atoms with Crippen LogP contribution in [0.15, 0.2) is 30.5 Å². The van der Waals surface area contributed by atoms with E-state index < -0.39 is 0 Å². The molecule has 0 aliphatic carbocycles. The van der Waals surface area contributed by atoms with Crippen LogP contribution in [0.5, 0.6) is 0 Å². The second kappa shape index (κ2) is 5.74. The Morgan fingerprint density at radius 2 is 2.00 bits per heavy atom. The summed E-state index contributed by atoms with van der Waals surface area (Å²) in [6, 6.07) is 7.77. The van der Waals surface area contributed by atoms with E-state index >= 15 is 0 Å². The molecule has 1 aliphatic rings. The Hall–Kier alpha value is -1.36. The quantitative estimate of drug-likeness (QED) is 0.903. The number of hydrogen-bond donors (Lipinski definition) is 2. The van der Waals surface area contributed by atoms with Gasteiger partial charge in [-0.2, -0.15) is 0 Å². The summed E-state index contributed by atoms with van der Waals surface area (Å²) in [6.45, 7) is 5.21. The van der Waals surface area contributed by atoms with Gasteiger partial charge in [-0.3, -0.25) is 4.90 Å². The van der Waals surface area contributed by atoms with Crippen molar-refractivity contribution >= 4 is 11.6 Å². The molecule has 0 atom stereocenters. The second-order valence-electron chi connectivity index (χ2n) is 4.76. The van der Waals surface area contributed by atoms with Gasteiger partial charge >= 0.3 is 0 Å². The van der Waals surface area contributed by atoms with Crippen molar-refractivity contribution in [3.8, 4) is 11.4 Å². The van der Waals surface area contributed by atoms with E-state index in [9.17, 15) is 0 Å². The minimum atomic E-state index is 0.727. The Kier molecular flexibility index (Phi) is 3.82. The molecule has 0 spiro atoms. The first-order valence-corrected chi connectivity index (χ1v) is 6.92. The van der Waals surface area contributed by atoms with Gasteiger partial charge in [-0.1, -0.05) is 23.7 Å². The van der Waals surface area contributed by atoms with Crippen LogP contribution in [-0.4, -0.2) is 41.0 Å². The zero-order chi connectivity index (χ0) is 13.1. The third-order valence-corrected chi connectivity index (χ3v) is 3.69. The number of nitrogens with zero attached hydrogens (tertiary/aromatic N) is 2. The summed E-state index contributed by atoms with van der Waals surface area (Å²) in [5, 5.41) is 4.08. The predicted molar refractivity (Wildman–Crippen MR) is 77.2 cm³/mol. The van der Waals surface area contributed by atoms with E-state index in [4.69, 9.17) is 11.6 Å². The number of piperazine rings is 1. The largest absolute Gasteiger partial charge is 0.341 e. The summed E-state index contributed by atoms with van der Waals surface area (Å²) in [4.78, 5) is 10.2. The Bertz CT molecular complexity index is 546. The van der Waals surface area contributed by atoms with Gasteiger partial charge in [0.1, 0.15) is 5.82 Å². The van der Waals surface area contributed by atoms with E-state index in [2.05, 4.69) is 20.2 Å². The number of benzene rings is 1. The average Bonchev–Trinajstić information content (AvgIpc) is 2.89. The lowest BCUT2D eigenvalue weighted by Gasteiger charge is -2.26. The van der Waals surface area contributed by atoms with Crippen molar-refractivity contribution in [2.45, 2.75) is 6.54 Å². The van der Waals surface area contributed by atoms with Crippen molar-refractivity contribution in [2.24, 2.45) is 0 Å². The highest BCUT2D eigenvalue weighted by atomic mass is 35.5. The molecular weight excluding hydrogens is 260 g/mol. The van der Waals surface area contributed by atoms with Gasteiger partial charge in [-0.25, -0.2) is 4.98 Å². The Morgan fingerprint density at radius 3 is 2.79 bits per heavy atom. The number of nitrogens with one attached hydrogen (secondary N) is 2. The normalized spacial score (nSPS) is 16.7. The molecule has 0 radical (unpaired) electrons. The summed E-state index contributed by atoms with van der Waals surface area (Å²) in [7, 11) is 0. The van der Waals surface area contributed by atoms with E-state index in [1.54, 1.807) is 0 Å². The zero-order valence-electron chi connectivity index (χ0n) is 10.7. The molecule has 1 aromatic heterocycles. The van der Waals surface area contributed by atoms with Gasteiger partial charge in [0.05, 0.1) is 5.02 Å². The molecule has 19 heavy (non-hydrogen) atoms. The lowest BCUT2D eigenvalue weighted by atomic mass is 10.2. The molecule has 4 nitrogen and oxygen atoms in total. The first-order chi connectivity index (χ1) is 9.33. The maximum Gasteiger partial charge on any atom is 0.139 e. The molecule has 0 unspecified atom stereocenters. The topological polar surface area (TPSA) is 44.0 Å². The van der Waals surface area contributed by atoms with Gasteiger partial charge in [0, 0.05) is 50.2 Å². The van der Waals surface area contributed by atoms with Gasteiger partial charge < -0.3 is 10.3 Å². The van der Waals surface area contributed by atoms with E-state index in [0.29, 0.717) is 0 Å². The lowest BCUT2D eigenvalue weighted by molar-refractivity contribution is 0.231. The van der Waals surface area contributed by atoms with Crippen LogP contribution < -0.4 is 5.32 Å². The third kappa shape index (κ3) is 2.97. The monoisotopic (exact) mass is 276 g/mol. The third-order valence-electron chi connectivity index (χ3n) is 3.36. The van der Waals surface area contributed by atoms with Crippen LogP contribution in [0, 0.1) is 0 Å². The summed E-state index contributed by atoms with van der Waals surface area (Å²) < 4.78 is 0. The number of rotatable bonds is 3. The van der Waals surface area contributed by atoms with Crippen LogP contribution >= 0.6 is 11.6 Å². The summed E-state index contributed by atoms with van der Waals surface area (Å²) in [5.41, 5.74) is 2.09. The van der Waals surface area contributed by atoms with Crippen LogP contribution in [-0.2, 0) is 6.54 Å². The van der Waals surface area contributed by atoms with Crippen molar-refractivity contribution in [2.75, 3.05) is 26.2 Å². The molecule has 2 aromatic rings. The average molecular weight is 277 g/mol. The maximum absolute atomic E-state index is 6.18. The van der Waals surface area contributed by atoms with Gasteiger partial charge in [0.25, 0.3) is 0 Å². The molecule has 0 amide bonds. The molecule has 1 aliphatic heterocycles. The van der Waals surface area contributed by atoms with E-state index in [0.717, 1.165) is 54.8 Å². The SMILES string of the molecule is Clc1ccccc1-c1ncc(CN2CCNCC2)[nH]1. The minimum absolute atomic E-state index is 0.727. The highest BCUT2D eigenvalue weighted by Crippen LogP contribution is 2.25. The van der Waals surface area contributed by atoms with Crippen LogP contribution in [0.2, 0.25) is 5.02 Å². The molecule has 3 rings (SSSR count). The predicted octanol–water partition coefficient (Wildman–Crippen LogP) is 2.14. The maximum atomic E-state index is 6.18. The highest BCUT2D eigenvalue weighted by Gasteiger charge is 2.12. The fourth-order valence-electron chi connectivity index (χ4n) is 2.34. The van der Waals surface area contributed by atoms with Crippen molar-refractivity contribution in [1.29, 1.82) is 0 Å². The molecule has 0 bridgehead atoms. The van der Waals surface area contributed by atoms with E-state index in [1.165, 1.54) is 0 Å². The van der Waals surface area contributed by atoms with Crippen molar-refractivity contribution in [3.63, 3.8) is 0 Å². The van der Waals surface area contributed by atoms with Crippen LogP contribution in [0.1, 0.15) is 5.69 Å². The number of halogens is 1. The van der Waals surface area contributed by atoms with Crippen molar-refractivity contribution < 1.29 is 0 Å². The van der Waals surface area contributed by atoms with Gasteiger partial charge in [-0.05, 0) is 12.1 Å². The summed E-state index contributed by atoms with van der Waals surface area (Å²) >= 11 is 6.18. The molecule has 0 saturated carbocycles. The van der Waals surface area contributed by atoms with Crippen LogP contribution in [0.3, 0.4) is 0 Å². The van der Waals surface area contributed by atoms with Crippen LogP contribution in [0.4, 0.5) is 0 Å². The number of hydrogen-bond acceptors (Lipinski definition) is 3. The number of H-pyrrole nitrogens is 1. The van der Waals surface area contributed by atoms with Gasteiger partial charge in [-0.15, -0.1) is 0 Å². The number of aromatic nitrogens is 2. The first-order valence-electron chi connectivity index (χ1n) is 6.55. The Labute approximate surface area is 117 Å². The van der Waals surface area contributed by atoms with E-state index in [-0.39, 0.29) is 0 Å². The fourth-order valence-corrected chi connectivity index (χ4v) is 2.56. The van der Waals surface area contributed by atoms with Gasteiger partial charge in [0.15, 0.2) is 0 Å². The van der Waals surface area contributed by atoms with Gasteiger partial charge in [0.2, 0.25) is 0 Å². The summed E-state index contributed by atoms with van der Waals surface area (Å²) in [5.74, 6) is 0.843. The summed E-state index contributed by atoms with van der Waals surface area (Å²) in [6.07, 6.45) is 1.90. The highest BCUT2D eigenvalue weighted by molar-refractivity contribution is 6.33. The molecule has 1 saturated heterocycles. The minimum Gasteiger partial charge on any atom is -0.341 e. The molecule has 2 N–H and O–H groups in total. The van der Waals surface area contributed by atoms with E-state index in [1.807, 2.05) is 30.5 Å². The standard InChI is InChI=1S/C14H17ClN4/c15-13-4-2-1-3-12(13)14-17-9-11(18-14)10-19-7-5-16-6-8-19/h1-4,9,16H,5-8,10H2,(H,17,18). The van der Waals surface area contributed by atoms with Crippen LogP contribution in [0.25, 0.3) is 11.4 Å². The Morgan fingerprint density at radius 1 is 1.21 bits per heavy atom. The number of imidazole rings is 1. The zero-order valence-corrected chi connectivity index (χ0v) is 11.5. The van der Waals surface area contributed by atoms with Crippen molar-refractivity contribution in [1.82, 2.24) is 20.2 Å². The number of aromatic amines is 1.